The Morgan fingerprint density at radius 1 is 1.15 bits per heavy atom. The van der Waals surface area contributed by atoms with E-state index in [2.05, 4.69) is 22.2 Å². The molecule has 1 aliphatic rings. The van der Waals surface area contributed by atoms with Gasteiger partial charge in [0.1, 0.15) is 0 Å². The van der Waals surface area contributed by atoms with E-state index in [1.807, 2.05) is 6.92 Å². The molecule has 1 aromatic carbocycles. The van der Waals surface area contributed by atoms with Gasteiger partial charge >= 0.3 is 0 Å². The topological polar surface area (TPSA) is 73.0 Å². The number of carbonyl (C=O) groups is 1. The number of amides is 1. The molecule has 1 aromatic rings. The van der Waals surface area contributed by atoms with E-state index in [1.165, 1.54) is 7.05 Å². The fourth-order valence-electron chi connectivity index (χ4n) is 2.84. The molecule has 1 saturated heterocycles. The van der Waals surface area contributed by atoms with Gasteiger partial charge in [-0.25, -0.2) is 8.42 Å². The number of sulfonamides is 1. The van der Waals surface area contributed by atoms with Crippen molar-refractivity contribution in [2.45, 2.75) is 18.2 Å². The quantitative estimate of drug-likeness (QED) is 0.658. The van der Waals surface area contributed by atoms with Gasteiger partial charge in [-0.1, -0.05) is 17.7 Å². The lowest BCUT2D eigenvalue weighted by Crippen LogP contribution is -2.45. The number of nitrogens with zero attached hydrogens (tertiary/aromatic N) is 3. The van der Waals surface area contributed by atoms with Crippen molar-refractivity contribution in [2.24, 2.45) is 0 Å². The van der Waals surface area contributed by atoms with Crippen LogP contribution in [0.1, 0.15) is 12.0 Å². The SMILES string of the molecule is Cc1ccc(S(=O)(=O)N(C)CC(=O)NCCCN2CCN(C)CC2)cc1. The van der Waals surface area contributed by atoms with Crippen LogP contribution in [0.4, 0.5) is 0 Å². The zero-order chi connectivity index (χ0) is 19.2. The van der Waals surface area contributed by atoms with Gasteiger partial charge in [0, 0.05) is 39.8 Å². The lowest BCUT2D eigenvalue weighted by Gasteiger charge is -2.32. The molecule has 1 aliphatic heterocycles. The van der Waals surface area contributed by atoms with Crippen molar-refractivity contribution >= 4 is 15.9 Å². The van der Waals surface area contributed by atoms with Crippen LogP contribution < -0.4 is 5.32 Å². The number of hydrogen-bond donors (Lipinski definition) is 1. The Hall–Kier alpha value is -1.48. The highest BCUT2D eigenvalue weighted by atomic mass is 32.2. The minimum absolute atomic E-state index is 0.176. The smallest absolute Gasteiger partial charge is 0.243 e. The lowest BCUT2D eigenvalue weighted by atomic mass is 10.2. The van der Waals surface area contributed by atoms with Gasteiger partial charge in [-0.3, -0.25) is 4.79 Å². The zero-order valence-corrected chi connectivity index (χ0v) is 16.8. The molecule has 0 saturated carbocycles. The molecule has 1 N–H and O–H groups in total. The minimum Gasteiger partial charge on any atom is -0.355 e. The summed E-state index contributed by atoms with van der Waals surface area (Å²) >= 11 is 0. The number of hydrogen-bond acceptors (Lipinski definition) is 5. The van der Waals surface area contributed by atoms with E-state index < -0.39 is 10.0 Å². The largest absolute Gasteiger partial charge is 0.355 e. The van der Waals surface area contributed by atoms with E-state index >= 15 is 0 Å². The molecule has 7 nitrogen and oxygen atoms in total. The van der Waals surface area contributed by atoms with E-state index in [0.29, 0.717) is 6.54 Å². The Morgan fingerprint density at radius 2 is 1.77 bits per heavy atom. The average Bonchev–Trinajstić information content (AvgIpc) is 2.60. The molecule has 26 heavy (non-hydrogen) atoms. The summed E-state index contributed by atoms with van der Waals surface area (Å²) in [4.78, 5) is 16.9. The van der Waals surface area contributed by atoms with E-state index in [9.17, 15) is 13.2 Å². The van der Waals surface area contributed by atoms with Gasteiger partial charge in [0.05, 0.1) is 11.4 Å². The van der Waals surface area contributed by atoms with Crippen molar-refractivity contribution < 1.29 is 13.2 Å². The third-order valence-electron chi connectivity index (χ3n) is 4.66. The highest BCUT2D eigenvalue weighted by molar-refractivity contribution is 7.89. The van der Waals surface area contributed by atoms with Gasteiger partial charge in [0.2, 0.25) is 15.9 Å². The summed E-state index contributed by atoms with van der Waals surface area (Å²) in [6.45, 7) is 7.50. The molecule has 1 heterocycles. The maximum absolute atomic E-state index is 12.5. The fourth-order valence-corrected chi connectivity index (χ4v) is 3.96. The van der Waals surface area contributed by atoms with E-state index in [-0.39, 0.29) is 17.3 Å². The minimum atomic E-state index is -3.64. The van der Waals surface area contributed by atoms with Gasteiger partial charge in [0.25, 0.3) is 0 Å². The number of carbonyl (C=O) groups excluding carboxylic acids is 1. The van der Waals surface area contributed by atoms with Crippen LogP contribution in [0.2, 0.25) is 0 Å². The number of likely N-dealkylation sites (N-methyl/N-ethyl adjacent to an activating group) is 2. The summed E-state index contributed by atoms with van der Waals surface area (Å²) in [6.07, 6.45) is 0.865. The van der Waals surface area contributed by atoms with Crippen LogP contribution in [-0.4, -0.2) is 88.3 Å². The predicted octanol–water partition coefficient (Wildman–Crippen LogP) is 0.369. The zero-order valence-electron chi connectivity index (χ0n) is 15.9. The molecule has 0 spiro atoms. The van der Waals surface area contributed by atoms with Crippen LogP contribution in [0.5, 0.6) is 0 Å². The molecule has 0 aliphatic carbocycles. The highest BCUT2D eigenvalue weighted by Crippen LogP contribution is 2.14. The standard InChI is InChI=1S/C18H30N4O3S/c1-16-5-7-17(8-6-16)26(24,25)21(3)15-18(23)19-9-4-10-22-13-11-20(2)12-14-22/h5-8H,4,9-15H2,1-3H3,(H,19,23). The van der Waals surface area contributed by atoms with Crippen LogP contribution in [0.25, 0.3) is 0 Å². The van der Waals surface area contributed by atoms with Gasteiger partial charge in [0.15, 0.2) is 0 Å². The summed E-state index contributed by atoms with van der Waals surface area (Å²) in [7, 11) is -0.0909. The first-order chi connectivity index (χ1) is 12.3. The first kappa shape index (κ1) is 20.8. The molecule has 1 amide bonds. The Labute approximate surface area is 157 Å². The second-order valence-electron chi connectivity index (χ2n) is 6.92. The van der Waals surface area contributed by atoms with Crippen molar-refractivity contribution in [1.82, 2.24) is 19.4 Å². The molecule has 0 bridgehead atoms. The molecule has 8 heteroatoms. The molecule has 0 radical (unpaired) electrons. The van der Waals surface area contributed by atoms with Crippen molar-refractivity contribution in [2.75, 3.05) is 59.9 Å². The van der Waals surface area contributed by atoms with Crippen LogP contribution >= 0.6 is 0 Å². The first-order valence-corrected chi connectivity index (χ1v) is 10.4. The molecule has 146 valence electrons. The number of benzene rings is 1. The van der Waals surface area contributed by atoms with Crippen molar-refractivity contribution in [3.63, 3.8) is 0 Å². The van der Waals surface area contributed by atoms with Crippen molar-refractivity contribution in [3.8, 4) is 0 Å². The summed E-state index contributed by atoms with van der Waals surface area (Å²) in [5.41, 5.74) is 0.990. The molecular formula is C18H30N4O3S. The van der Waals surface area contributed by atoms with Crippen molar-refractivity contribution in [1.29, 1.82) is 0 Å². The maximum atomic E-state index is 12.5. The summed E-state index contributed by atoms with van der Waals surface area (Å²) in [6, 6.07) is 6.63. The Kier molecular flexibility index (Phi) is 7.57. The summed E-state index contributed by atoms with van der Waals surface area (Å²) in [5, 5.41) is 2.81. The van der Waals surface area contributed by atoms with Crippen LogP contribution in [0.15, 0.2) is 29.2 Å². The Morgan fingerprint density at radius 3 is 2.38 bits per heavy atom. The molecule has 2 rings (SSSR count). The second kappa shape index (κ2) is 9.45. The van der Waals surface area contributed by atoms with E-state index in [0.717, 1.165) is 49.0 Å². The lowest BCUT2D eigenvalue weighted by molar-refractivity contribution is -0.121. The molecule has 1 fully saturated rings. The van der Waals surface area contributed by atoms with E-state index in [4.69, 9.17) is 0 Å². The molecule has 0 atom stereocenters. The summed E-state index contributed by atoms with van der Waals surface area (Å²) in [5.74, 6) is -0.276. The number of nitrogens with one attached hydrogen (secondary N) is 1. The molecular weight excluding hydrogens is 352 g/mol. The van der Waals surface area contributed by atoms with Crippen LogP contribution in [0, 0.1) is 6.92 Å². The molecule has 0 unspecified atom stereocenters. The van der Waals surface area contributed by atoms with Gasteiger partial charge in [-0.05, 0) is 39.1 Å². The number of piperazine rings is 1. The second-order valence-corrected chi connectivity index (χ2v) is 8.97. The maximum Gasteiger partial charge on any atom is 0.243 e. The average molecular weight is 383 g/mol. The van der Waals surface area contributed by atoms with Crippen LogP contribution in [-0.2, 0) is 14.8 Å². The Balaban J connectivity index is 1.72. The predicted molar refractivity (Wildman–Crippen MR) is 103 cm³/mol. The first-order valence-electron chi connectivity index (χ1n) is 8.99. The van der Waals surface area contributed by atoms with Gasteiger partial charge in [-0.2, -0.15) is 4.31 Å². The third kappa shape index (κ3) is 6.05. The van der Waals surface area contributed by atoms with Gasteiger partial charge in [-0.15, -0.1) is 0 Å². The number of rotatable bonds is 8. The highest BCUT2D eigenvalue weighted by Gasteiger charge is 2.22. The summed E-state index contributed by atoms with van der Waals surface area (Å²) < 4.78 is 26.0. The van der Waals surface area contributed by atoms with E-state index in [1.54, 1.807) is 24.3 Å². The third-order valence-corrected chi connectivity index (χ3v) is 6.48. The van der Waals surface area contributed by atoms with Crippen LogP contribution in [0.3, 0.4) is 0 Å². The van der Waals surface area contributed by atoms with Crippen molar-refractivity contribution in [3.05, 3.63) is 29.8 Å². The normalized spacial score (nSPS) is 16.8. The fraction of sp³-hybridized carbons (Fsp3) is 0.611. The monoisotopic (exact) mass is 382 g/mol. The Bertz CT molecular complexity index is 683. The van der Waals surface area contributed by atoms with Gasteiger partial charge < -0.3 is 15.1 Å². The number of aryl methyl sites for hydroxylation is 1. The molecule has 0 aromatic heterocycles.